The lowest BCUT2D eigenvalue weighted by atomic mass is 10.3. The summed E-state index contributed by atoms with van der Waals surface area (Å²) >= 11 is 5.43. The Morgan fingerprint density at radius 2 is 2.04 bits per heavy atom. The van der Waals surface area contributed by atoms with Crippen LogP contribution in [0.25, 0.3) is 5.69 Å². The van der Waals surface area contributed by atoms with E-state index in [2.05, 4.69) is 30.0 Å². The third kappa shape index (κ3) is 3.69. The van der Waals surface area contributed by atoms with Crippen molar-refractivity contribution < 1.29 is 4.90 Å². The molecule has 3 aromatic rings. The number of para-hydroxylation sites is 1. The van der Waals surface area contributed by atoms with Crippen molar-refractivity contribution in [2.75, 3.05) is 7.05 Å². The van der Waals surface area contributed by atoms with Crippen LogP contribution in [-0.4, -0.2) is 31.2 Å². The minimum Gasteiger partial charge on any atom is -0.315 e. The van der Waals surface area contributed by atoms with E-state index in [1.807, 2.05) is 56.5 Å². The van der Waals surface area contributed by atoms with Crippen LogP contribution in [0.5, 0.6) is 0 Å². The van der Waals surface area contributed by atoms with Crippen LogP contribution in [0.1, 0.15) is 5.56 Å². The predicted molar refractivity (Wildman–Crippen MR) is 95.4 cm³/mol. The van der Waals surface area contributed by atoms with Gasteiger partial charge in [0.05, 0.1) is 18.9 Å². The summed E-state index contributed by atoms with van der Waals surface area (Å²) in [7, 11) is 2.12. The second-order valence-corrected chi connectivity index (χ2v) is 6.14. The molecule has 1 N–H and O–H groups in total. The first-order valence-corrected chi connectivity index (χ1v) is 8.21. The zero-order valence-electron chi connectivity index (χ0n) is 13.7. The molecule has 0 radical (unpaired) electrons. The van der Waals surface area contributed by atoms with Crippen LogP contribution in [0.4, 0.5) is 0 Å². The van der Waals surface area contributed by atoms with Gasteiger partial charge in [-0.3, -0.25) is 0 Å². The number of aromatic nitrogens is 5. The van der Waals surface area contributed by atoms with E-state index in [0.29, 0.717) is 18.0 Å². The first-order valence-electron chi connectivity index (χ1n) is 7.81. The van der Waals surface area contributed by atoms with E-state index in [0.717, 1.165) is 12.2 Å². The number of benzene rings is 1. The van der Waals surface area contributed by atoms with E-state index in [4.69, 9.17) is 12.2 Å². The maximum absolute atomic E-state index is 5.43. The van der Waals surface area contributed by atoms with Crippen LogP contribution in [0.2, 0.25) is 0 Å². The Morgan fingerprint density at radius 1 is 1.25 bits per heavy atom. The Kier molecular flexibility index (Phi) is 5.02. The van der Waals surface area contributed by atoms with Crippen molar-refractivity contribution in [3.63, 3.8) is 0 Å². The molecular formula is C17H21N6S+. The van der Waals surface area contributed by atoms with Crippen molar-refractivity contribution >= 4 is 12.2 Å². The molecule has 0 fully saturated rings. The summed E-state index contributed by atoms with van der Waals surface area (Å²) in [5, 5.41) is 8.79. The fraction of sp³-hybridized carbons (Fsp3) is 0.235. The van der Waals surface area contributed by atoms with Crippen molar-refractivity contribution in [2.24, 2.45) is 0 Å². The summed E-state index contributed by atoms with van der Waals surface area (Å²) in [6, 6.07) is 10.1. The lowest BCUT2D eigenvalue weighted by Crippen LogP contribution is -3.07. The second kappa shape index (κ2) is 7.37. The van der Waals surface area contributed by atoms with E-state index in [1.54, 1.807) is 6.33 Å². The van der Waals surface area contributed by atoms with Gasteiger partial charge in [0.1, 0.15) is 12.9 Å². The first kappa shape index (κ1) is 16.4. The molecule has 24 heavy (non-hydrogen) atoms. The van der Waals surface area contributed by atoms with E-state index >= 15 is 0 Å². The van der Waals surface area contributed by atoms with Gasteiger partial charge in [-0.1, -0.05) is 24.3 Å². The average Bonchev–Trinajstić information content (AvgIpc) is 3.18. The maximum Gasteiger partial charge on any atom is 0.202 e. The topological polar surface area (TPSA) is 45.0 Å². The molecule has 2 aromatic heterocycles. The molecule has 124 valence electrons. The number of nitrogens with one attached hydrogen (secondary N) is 1. The molecule has 7 heteroatoms. The van der Waals surface area contributed by atoms with E-state index in [1.165, 1.54) is 10.5 Å². The molecule has 0 aliphatic heterocycles. The fourth-order valence-electron chi connectivity index (χ4n) is 2.58. The summed E-state index contributed by atoms with van der Waals surface area (Å²) in [6.07, 6.45) is 7.54. The zero-order chi connectivity index (χ0) is 16.9. The van der Waals surface area contributed by atoms with Gasteiger partial charge in [-0.15, -0.1) is 6.58 Å². The number of allylic oxidation sites excluding steroid dienone is 1. The minimum atomic E-state index is 0.682. The van der Waals surface area contributed by atoms with Crippen LogP contribution in [0.3, 0.4) is 0 Å². The highest BCUT2D eigenvalue weighted by Gasteiger charge is 2.10. The Balaban J connectivity index is 1.65. The number of hydrogen-bond donors (Lipinski definition) is 1. The average molecular weight is 341 g/mol. The minimum absolute atomic E-state index is 0.682. The molecule has 2 heterocycles. The molecule has 0 saturated heterocycles. The summed E-state index contributed by atoms with van der Waals surface area (Å²) in [4.78, 5) is 1.28. The number of hydrogen-bond acceptors (Lipinski definition) is 3. The quantitative estimate of drug-likeness (QED) is 0.523. The summed E-state index contributed by atoms with van der Waals surface area (Å²) in [5.41, 5.74) is 2.24. The second-order valence-electron chi connectivity index (χ2n) is 5.77. The van der Waals surface area contributed by atoms with Gasteiger partial charge in [-0.25, -0.2) is 4.68 Å². The molecule has 0 spiro atoms. The van der Waals surface area contributed by atoms with Crippen LogP contribution in [0, 0.1) is 4.77 Å². The van der Waals surface area contributed by atoms with Crippen molar-refractivity contribution in [1.29, 1.82) is 0 Å². The molecule has 0 aliphatic carbocycles. The largest absolute Gasteiger partial charge is 0.315 e. The Morgan fingerprint density at radius 3 is 2.79 bits per heavy atom. The third-order valence-corrected chi connectivity index (χ3v) is 4.15. The summed E-state index contributed by atoms with van der Waals surface area (Å²) in [5.74, 6) is 0. The van der Waals surface area contributed by atoms with Gasteiger partial charge in [0.2, 0.25) is 4.77 Å². The van der Waals surface area contributed by atoms with Gasteiger partial charge in [0, 0.05) is 18.3 Å². The molecule has 1 atom stereocenters. The highest BCUT2D eigenvalue weighted by molar-refractivity contribution is 7.71. The van der Waals surface area contributed by atoms with E-state index in [-0.39, 0.29) is 0 Å². The Bertz CT molecular complexity index is 861. The first-order chi connectivity index (χ1) is 11.7. The smallest absolute Gasteiger partial charge is 0.202 e. The standard InChI is InChI=1S/C17H20N6S/c1-3-9-21-13-19-23(17(21)24)14-20(2)11-15-10-18-22(12-15)16-7-5-4-6-8-16/h3-8,10,12-13H,1,9,11,14H2,2H3/p+1. The predicted octanol–water partition coefficient (Wildman–Crippen LogP) is 1.46. The zero-order valence-corrected chi connectivity index (χ0v) is 14.5. The van der Waals surface area contributed by atoms with Gasteiger partial charge in [0.25, 0.3) is 0 Å². The van der Waals surface area contributed by atoms with Crippen molar-refractivity contribution in [1.82, 2.24) is 24.1 Å². The van der Waals surface area contributed by atoms with Gasteiger partial charge in [-0.2, -0.15) is 14.9 Å². The molecule has 0 amide bonds. The normalized spacial score (nSPS) is 12.2. The lowest BCUT2D eigenvalue weighted by Gasteiger charge is -2.12. The molecule has 0 aliphatic rings. The van der Waals surface area contributed by atoms with Crippen molar-refractivity contribution in [2.45, 2.75) is 19.8 Å². The SMILES string of the molecule is C=CCn1cnn(C[NH+](C)Cc2cnn(-c3ccccc3)c2)c1=S. The molecule has 1 aromatic carbocycles. The van der Waals surface area contributed by atoms with E-state index < -0.39 is 0 Å². The third-order valence-electron chi connectivity index (χ3n) is 3.71. The number of rotatable bonds is 7. The number of nitrogens with zero attached hydrogens (tertiary/aromatic N) is 5. The highest BCUT2D eigenvalue weighted by Crippen LogP contribution is 2.06. The summed E-state index contributed by atoms with van der Waals surface area (Å²) < 4.78 is 6.36. The van der Waals surface area contributed by atoms with Crippen LogP contribution < -0.4 is 4.90 Å². The molecule has 0 saturated carbocycles. The molecule has 6 nitrogen and oxygen atoms in total. The Labute approximate surface area is 146 Å². The molecule has 3 rings (SSSR count). The highest BCUT2D eigenvalue weighted by atomic mass is 32.1. The number of quaternary nitrogens is 1. The van der Waals surface area contributed by atoms with Crippen LogP contribution in [0.15, 0.2) is 61.7 Å². The Hall–Kier alpha value is -2.51. The van der Waals surface area contributed by atoms with Gasteiger partial charge in [0.15, 0.2) is 6.67 Å². The van der Waals surface area contributed by atoms with Crippen LogP contribution >= 0.6 is 12.2 Å². The monoisotopic (exact) mass is 341 g/mol. The molecule has 0 bridgehead atoms. The van der Waals surface area contributed by atoms with Gasteiger partial charge >= 0.3 is 0 Å². The fourth-order valence-corrected chi connectivity index (χ4v) is 2.81. The summed E-state index contributed by atoms with van der Waals surface area (Å²) in [6.45, 7) is 5.97. The maximum atomic E-state index is 5.43. The van der Waals surface area contributed by atoms with Crippen molar-refractivity contribution in [3.05, 3.63) is 72.0 Å². The van der Waals surface area contributed by atoms with Gasteiger partial charge in [-0.05, 0) is 24.4 Å². The van der Waals surface area contributed by atoms with Gasteiger partial charge < -0.3 is 9.47 Å². The van der Waals surface area contributed by atoms with Crippen LogP contribution in [-0.2, 0) is 19.8 Å². The lowest BCUT2D eigenvalue weighted by molar-refractivity contribution is -0.917. The molecule has 1 unspecified atom stereocenters. The van der Waals surface area contributed by atoms with E-state index in [9.17, 15) is 0 Å². The molecular weight excluding hydrogens is 320 g/mol. The van der Waals surface area contributed by atoms with Crippen molar-refractivity contribution in [3.8, 4) is 5.69 Å².